The molecule has 0 spiro atoms. The number of fused-ring (bicyclic) bond motifs is 1. The first-order chi connectivity index (χ1) is 39.7. The number of carbonyl (C=O) groups is 6. The van der Waals surface area contributed by atoms with Gasteiger partial charge in [0.1, 0.15) is 24.2 Å². The molecule has 0 radical (unpaired) electrons. The first kappa shape index (κ1) is 62.2. The number of amides is 5. The molecule has 3 heterocycles. The highest BCUT2D eigenvalue weighted by molar-refractivity contribution is 6.25. The van der Waals surface area contributed by atoms with E-state index in [1.807, 2.05) is 48.7 Å². The predicted octanol–water partition coefficient (Wildman–Crippen LogP) is 6.31. The molecule has 4 aromatic carbocycles. The van der Waals surface area contributed by atoms with E-state index in [4.69, 9.17) is 38.3 Å². The van der Waals surface area contributed by atoms with Crippen LogP contribution in [0, 0.1) is 5.82 Å². The van der Waals surface area contributed by atoms with Gasteiger partial charge in [0.2, 0.25) is 11.8 Å². The molecule has 1 aromatic heterocycles. The third-order valence-corrected chi connectivity index (χ3v) is 13.4. The van der Waals surface area contributed by atoms with Crippen LogP contribution in [-0.4, -0.2) is 171 Å². The number of rotatable bonds is 36. The van der Waals surface area contributed by atoms with E-state index < -0.39 is 60.1 Å². The van der Waals surface area contributed by atoms with Crippen LogP contribution in [-0.2, 0) is 49.3 Å². The van der Waals surface area contributed by atoms with E-state index in [1.54, 1.807) is 54.6 Å². The molecule has 440 valence electrons. The number of hydrogen-bond acceptors (Lipinski definition) is 16. The van der Waals surface area contributed by atoms with Crippen molar-refractivity contribution in [1.82, 2.24) is 14.8 Å². The highest BCUT2D eigenvalue weighted by Crippen LogP contribution is 2.43. The Labute approximate surface area is 474 Å². The number of imide groups is 2. The number of aliphatic hydroxyl groups is 2. The number of aromatic nitrogens is 1. The van der Waals surface area contributed by atoms with Gasteiger partial charge in [0, 0.05) is 42.1 Å². The number of benzene rings is 4. The van der Waals surface area contributed by atoms with Crippen LogP contribution in [0.2, 0.25) is 0 Å². The Morgan fingerprint density at radius 2 is 1.28 bits per heavy atom. The SMILES string of the molecule is CC(C)c1c(C(=O)Nc2ccc(OCCOCCOCCOCCOCCOCCOCCNc3cccc4c3C(=O)N(C3CCC(=O)NC3=O)C4=O)cc2)c(-c2ccccc2)c(-c2ccc(F)cc2)n1CCC(O)CC(O)CC(=O)O. The molecule has 1 saturated heterocycles. The van der Waals surface area contributed by atoms with Crippen molar-refractivity contribution in [2.24, 2.45) is 0 Å². The fourth-order valence-electron chi connectivity index (χ4n) is 9.66. The van der Waals surface area contributed by atoms with Crippen LogP contribution in [0.3, 0.4) is 0 Å². The van der Waals surface area contributed by atoms with Crippen molar-refractivity contribution in [2.45, 2.75) is 76.7 Å². The Balaban J connectivity index is 0.737. The quantitative estimate of drug-likeness (QED) is 0.0190. The lowest BCUT2D eigenvalue weighted by Gasteiger charge is -2.27. The summed E-state index contributed by atoms with van der Waals surface area (Å²) in [6.45, 7) is 9.15. The number of halogens is 1. The molecule has 7 rings (SSSR count). The highest BCUT2D eigenvalue weighted by atomic mass is 19.1. The maximum atomic E-state index is 14.6. The van der Waals surface area contributed by atoms with Crippen molar-refractivity contribution in [1.29, 1.82) is 0 Å². The lowest BCUT2D eigenvalue weighted by Crippen LogP contribution is -2.54. The minimum Gasteiger partial charge on any atom is -0.491 e. The minimum atomic E-state index is -1.23. The van der Waals surface area contributed by atoms with E-state index in [9.17, 15) is 43.4 Å². The van der Waals surface area contributed by atoms with Gasteiger partial charge in [-0.3, -0.25) is 39.0 Å². The van der Waals surface area contributed by atoms with Gasteiger partial charge >= 0.3 is 5.97 Å². The maximum absolute atomic E-state index is 14.6. The highest BCUT2D eigenvalue weighted by Gasteiger charge is 2.45. The molecule has 0 saturated carbocycles. The van der Waals surface area contributed by atoms with E-state index in [-0.39, 0.29) is 61.8 Å². The number of aliphatic hydroxyl groups excluding tert-OH is 2. The van der Waals surface area contributed by atoms with Gasteiger partial charge in [0.15, 0.2) is 0 Å². The number of nitrogens with one attached hydrogen (secondary N) is 3. The van der Waals surface area contributed by atoms with Crippen LogP contribution in [0.5, 0.6) is 5.75 Å². The van der Waals surface area contributed by atoms with Crippen molar-refractivity contribution in [3.63, 3.8) is 0 Å². The predicted molar refractivity (Wildman–Crippen MR) is 299 cm³/mol. The Bertz CT molecular complexity index is 2920. The zero-order valence-electron chi connectivity index (χ0n) is 46.1. The topological polar surface area (TPSA) is 272 Å². The summed E-state index contributed by atoms with van der Waals surface area (Å²) in [7, 11) is 0. The number of ether oxygens (including phenoxy) is 7. The number of hydrogen-bond donors (Lipinski definition) is 6. The Morgan fingerprint density at radius 1 is 0.683 bits per heavy atom. The average Bonchev–Trinajstić information content (AvgIpc) is 4.12. The van der Waals surface area contributed by atoms with Crippen molar-refractivity contribution in [3.8, 4) is 28.1 Å². The second-order valence-electron chi connectivity index (χ2n) is 19.7. The molecular formula is C60H72FN5O16. The summed E-state index contributed by atoms with van der Waals surface area (Å²) >= 11 is 0. The molecule has 21 nitrogen and oxygen atoms in total. The minimum absolute atomic E-state index is 0.0471. The number of aliphatic carboxylic acids is 1. The van der Waals surface area contributed by atoms with Gasteiger partial charge in [-0.05, 0) is 97.0 Å². The number of nitrogens with zero attached hydrogens (tertiary/aromatic N) is 2. The van der Waals surface area contributed by atoms with Crippen molar-refractivity contribution < 1.29 is 81.6 Å². The number of piperidine rings is 1. The van der Waals surface area contributed by atoms with Gasteiger partial charge in [-0.25, -0.2) is 4.39 Å². The summed E-state index contributed by atoms with van der Waals surface area (Å²) in [5.74, 6) is -3.84. The van der Waals surface area contributed by atoms with Crippen molar-refractivity contribution in [3.05, 3.63) is 125 Å². The van der Waals surface area contributed by atoms with Gasteiger partial charge < -0.3 is 63.7 Å². The zero-order chi connectivity index (χ0) is 58.4. The van der Waals surface area contributed by atoms with Gasteiger partial charge in [0.05, 0.1) is 120 Å². The van der Waals surface area contributed by atoms with Crippen LogP contribution in [0.1, 0.15) is 88.6 Å². The molecule has 22 heteroatoms. The van der Waals surface area contributed by atoms with Gasteiger partial charge in [0.25, 0.3) is 17.7 Å². The van der Waals surface area contributed by atoms with Gasteiger partial charge in [-0.2, -0.15) is 0 Å². The molecule has 2 aliphatic heterocycles. The largest absolute Gasteiger partial charge is 0.491 e. The molecule has 2 aliphatic rings. The molecule has 0 bridgehead atoms. The molecule has 82 heavy (non-hydrogen) atoms. The normalized spacial score (nSPS) is 15.0. The van der Waals surface area contributed by atoms with Crippen LogP contribution < -0.4 is 20.7 Å². The number of carboxylic acids is 1. The van der Waals surface area contributed by atoms with Gasteiger partial charge in [-0.15, -0.1) is 0 Å². The fraction of sp³-hybridized carbons (Fsp3) is 0.433. The molecule has 5 amide bonds. The first-order valence-corrected chi connectivity index (χ1v) is 27.5. The monoisotopic (exact) mass is 1140 g/mol. The lowest BCUT2D eigenvalue weighted by molar-refractivity contribution is -0.140. The second kappa shape index (κ2) is 31.7. The van der Waals surface area contributed by atoms with E-state index in [0.29, 0.717) is 131 Å². The first-order valence-electron chi connectivity index (χ1n) is 27.5. The third kappa shape index (κ3) is 17.6. The van der Waals surface area contributed by atoms with Crippen molar-refractivity contribution in [2.75, 3.05) is 103 Å². The summed E-state index contributed by atoms with van der Waals surface area (Å²) < 4.78 is 55.7. The molecule has 6 N–H and O–H groups in total. The second-order valence-corrected chi connectivity index (χ2v) is 19.7. The standard InChI is InChI=1S/C60H72FN5O16/c1-39(2)55-54(52(40-7-4-3-5-8-40)56(41-11-13-42(61)14-12-41)65(55)23-21-44(67)37-45(68)38-51(70)71)58(73)63-43-15-17-46(18-16-43)82-36-35-81-34-33-80-32-31-79-30-29-78-28-27-77-26-25-76-24-22-62-48-10-6-9-47-53(48)60(75)66(59(47)74)49-19-20-50(69)64-57(49)72/h3-18,39,44-45,49,62,67-68H,19-38H2,1-2H3,(H,63,73)(H,70,71)(H,64,69,72). The number of carbonyl (C=O) groups excluding carboxylic acids is 5. The van der Waals surface area contributed by atoms with Crippen LogP contribution in [0.25, 0.3) is 22.4 Å². The molecular weight excluding hydrogens is 1070 g/mol. The van der Waals surface area contributed by atoms with Crippen LogP contribution in [0.4, 0.5) is 15.8 Å². The maximum Gasteiger partial charge on any atom is 0.305 e. The van der Waals surface area contributed by atoms with E-state index in [1.165, 1.54) is 12.1 Å². The number of carboxylic acid groups (broad SMARTS) is 1. The van der Waals surface area contributed by atoms with E-state index >= 15 is 0 Å². The van der Waals surface area contributed by atoms with Crippen molar-refractivity contribution >= 4 is 46.9 Å². The Kier molecular flexibility index (Phi) is 24.0. The fourth-order valence-corrected chi connectivity index (χ4v) is 9.66. The molecule has 5 aromatic rings. The summed E-state index contributed by atoms with van der Waals surface area (Å²) in [5.41, 5.74) is 5.13. The van der Waals surface area contributed by atoms with Crippen LogP contribution in [0.15, 0.2) is 97.1 Å². The average molecular weight is 1140 g/mol. The summed E-state index contributed by atoms with van der Waals surface area (Å²) in [4.78, 5) is 76.9. The smallest absolute Gasteiger partial charge is 0.305 e. The zero-order valence-corrected chi connectivity index (χ0v) is 46.1. The molecule has 3 atom stereocenters. The Hall–Kier alpha value is -7.41. The molecule has 3 unspecified atom stereocenters. The van der Waals surface area contributed by atoms with E-state index in [2.05, 4.69) is 16.0 Å². The van der Waals surface area contributed by atoms with Crippen LogP contribution >= 0.6 is 0 Å². The summed E-state index contributed by atoms with van der Waals surface area (Å²) in [6.07, 6.45) is -2.64. The summed E-state index contributed by atoms with van der Waals surface area (Å²) in [6, 6.07) is 26.2. The Morgan fingerprint density at radius 3 is 1.87 bits per heavy atom. The van der Waals surface area contributed by atoms with E-state index in [0.717, 1.165) is 10.5 Å². The molecule has 0 aliphatic carbocycles. The molecule has 1 fully saturated rings. The lowest BCUT2D eigenvalue weighted by atomic mass is 9.94. The third-order valence-electron chi connectivity index (χ3n) is 13.4. The summed E-state index contributed by atoms with van der Waals surface area (Å²) in [5, 5.41) is 38.7. The number of anilines is 2. The van der Waals surface area contributed by atoms with Gasteiger partial charge in [-0.1, -0.05) is 50.2 Å².